The summed E-state index contributed by atoms with van der Waals surface area (Å²) in [5.74, 6) is 1.11. The van der Waals surface area contributed by atoms with Gasteiger partial charge in [-0.1, -0.05) is 47.0 Å². The molecule has 0 aromatic rings. The zero-order valence-corrected chi connectivity index (χ0v) is 15.1. The van der Waals surface area contributed by atoms with Gasteiger partial charge in [-0.25, -0.2) is 0 Å². The van der Waals surface area contributed by atoms with Gasteiger partial charge in [-0.15, -0.1) is 0 Å². The topological polar surface area (TPSA) is 26.3 Å². The first-order chi connectivity index (χ1) is 9.77. The molecule has 1 saturated carbocycles. The molecule has 1 atom stereocenters. The molecule has 2 nitrogen and oxygen atoms in total. The molecule has 1 unspecified atom stereocenters. The van der Waals surface area contributed by atoms with E-state index in [1.54, 1.807) is 0 Å². The van der Waals surface area contributed by atoms with Crippen LogP contribution in [0, 0.1) is 17.3 Å². The van der Waals surface area contributed by atoms with E-state index in [1.165, 1.54) is 32.1 Å². The summed E-state index contributed by atoms with van der Waals surface area (Å²) in [6.07, 6.45) is 9.14. The lowest BCUT2D eigenvalue weighted by Crippen LogP contribution is -2.46. The SMILES string of the molecule is CCC(C)(C)C(=O)OC(CC)(CC(C)C)C1CCCCC1. The van der Waals surface area contributed by atoms with Crippen LogP contribution < -0.4 is 0 Å². The predicted octanol–water partition coefficient (Wildman–Crippen LogP) is 5.74. The third-order valence-electron chi connectivity index (χ3n) is 5.43. The van der Waals surface area contributed by atoms with E-state index >= 15 is 0 Å². The van der Waals surface area contributed by atoms with Crippen LogP contribution >= 0.6 is 0 Å². The number of carbonyl (C=O) groups is 1. The highest BCUT2D eigenvalue weighted by atomic mass is 16.6. The number of hydrogen-bond donors (Lipinski definition) is 0. The van der Waals surface area contributed by atoms with Crippen LogP contribution in [0.15, 0.2) is 0 Å². The Labute approximate surface area is 132 Å². The van der Waals surface area contributed by atoms with Gasteiger partial charge in [0.25, 0.3) is 0 Å². The lowest BCUT2D eigenvalue weighted by Gasteiger charge is -2.44. The van der Waals surface area contributed by atoms with E-state index in [9.17, 15) is 4.79 Å². The fourth-order valence-corrected chi connectivity index (χ4v) is 3.58. The Balaban J connectivity index is 2.96. The standard InChI is InChI=1S/C19H36O2/c1-7-18(5,6)17(20)21-19(8-2,14-15(3)4)16-12-10-9-11-13-16/h15-16H,7-14H2,1-6H3. The van der Waals surface area contributed by atoms with Gasteiger partial charge in [-0.2, -0.15) is 0 Å². The van der Waals surface area contributed by atoms with Crippen molar-refractivity contribution >= 4 is 5.97 Å². The molecule has 1 aliphatic rings. The second-order valence-corrected chi connectivity index (χ2v) is 7.98. The smallest absolute Gasteiger partial charge is 0.312 e. The first-order valence-electron chi connectivity index (χ1n) is 9.01. The highest BCUT2D eigenvalue weighted by molar-refractivity contribution is 5.76. The molecule has 0 saturated heterocycles. The number of rotatable bonds is 7. The van der Waals surface area contributed by atoms with E-state index < -0.39 is 0 Å². The number of esters is 1. The molecular weight excluding hydrogens is 260 g/mol. The number of carbonyl (C=O) groups excluding carboxylic acids is 1. The van der Waals surface area contributed by atoms with Crippen LogP contribution in [0.5, 0.6) is 0 Å². The molecule has 0 bridgehead atoms. The maximum absolute atomic E-state index is 12.7. The van der Waals surface area contributed by atoms with Crippen LogP contribution in [0.25, 0.3) is 0 Å². The Bertz CT molecular complexity index is 326. The molecule has 1 aliphatic carbocycles. The predicted molar refractivity (Wildman–Crippen MR) is 89.2 cm³/mol. The summed E-state index contributed by atoms with van der Waals surface area (Å²) in [4.78, 5) is 12.7. The molecule has 0 spiro atoms. The van der Waals surface area contributed by atoms with E-state index in [1.807, 2.05) is 13.8 Å². The zero-order valence-electron chi connectivity index (χ0n) is 15.1. The molecule has 0 heterocycles. The van der Waals surface area contributed by atoms with Crippen molar-refractivity contribution in [2.24, 2.45) is 17.3 Å². The van der Waals surface area contributed by atoms with Crippen LogP contribution in [-0.4, -0.2) is 11.6 Å². The Hall–Kier alpha value is -0.530. The minimum absolute atomic E-state index is 0.00178. The molecule has 0 aromatic heterocycles. The van der Waals surface area contributed by atoms with Crippen molar-refractivity contribution < 1.29 is 9.53 Å². The monoisotopic (exact) mass is 296 g/mol. The Kier molecular flexibility index (Phi) is 6.74. The van der Waals surface area contributed by atoms with Crippen molar-refractivity contribution in [1.82, 2.24) is 0 Å². The first-order valence-corrected chi connectivity index (χ1v) is 9.01. The van der Waals surface area contributed by atoms with E-state index in [0.29, 0.717) is 11.8 Å². The normalized spacial score (nSPS) is 20.3. The molecule has 124 valence electrons. The molecule has 21 heavy (non-hydrogen) atoms. The maximum Gasteiger partial charge on any atom is 0.312 e. The lowest BCUT2D eigenvalue weighted by molar-refractivity contribution is -0.182. The van der Waals surface area contributed by atoms with Gasteiger partial charge in [0.2, 0.25) is 0 Å². The molecule has 1 fully saturated rings. The zero-order chi connectivity index (χ0) is 16.1. The summed E-state index contributed by atoms with van der Waals surface area (Å²) in [5.41, 5.74) is -0.607. The fraction of sp³-hybridized carbons (Fsp3) is 0.947. The van der Waals surface area contributed by atoms with Crippen LogP contribution in [0.3, 0.4) is 0 Å². The Morgan fingerprint density at radius 2 is 1.67 bits per heavy atom. The van der Waals surface area contributed by atoms with E-state index in [0.717, 1.165) is 19.3 Å². The number of hydrogen-bond acceptors (Lipinski definition) is 2. The summed E-state index contributed by atoms with van der Waals surface area (Å²) >= 11 is 0. The molecule has 2 heteroatoms. The van der Waals surface area contributed by atoms with Gasteiger partial charge in [-0.3, -0.25) is 4.79 Å². The highest BCUT2D eigenvalue weighted by Crippen LogP contribution is 2.42. The second kappa shape index (κ2) is 7.65. The largest absolute Gasteiger partial charge is 0.458 e. The van der Waals surface area contributed by atoms with Crippen molar-refractivity contribution in [2.75, 3.05) is 0 Å². The van der Waals surface area contributed by atoms with E-state index in [2.05, 4.69) is 27.7 Å². The van der Waals surface area contributed by atoms with Gasteiger partial charge in [0.1, 0.15) is 5.60 Å². The second-order valence-electron chi connectivity index (χ2n) is 7.98. The average Bonchev–Trinajstić information content (AvgIpc) is 2.46. The maximum atomic E-state index is 12.7. The minimum atomic E-state index is -0.369. The first kappa shape index (κ1) is 18.5. The number of ether oxygens (including phenoxy) is 1. The molecule has 0 radical (unpaired) electrons. The van der Waals surface area contributed by atoms with Crippen LogP contribution in [0.1, 0.15) is 92.9 Å². The van der Waals surface area contributed by atoms with Crippen molar-refractivity contribution in [2.45, 2.75) is 98.5 Å². The molecule has 0 aliphatic heterocycles. The van der Waals surface area contributed by atoms with Crippen molar-refractivity contribution in [3.63, 3.8) is 0 Å². The minimum Gasteiger partial charge on any atom is -0.458 e. The van der Waals surface area contributed by atoms with Gasteiger partial charge in [0, 0.05) is 0 Å². The molecule has 0 amide bonds. The molecular formula is C19H36O2. The lowest BCUT2D eigenvalue weighted by atomic mass is 9.71. The third kappa shape index (κ3) is 4.72. The molecule has 0 N–H and O–H groups in total. The van der Waals surface area contributed by atoms with Crippen molar-refractivity contribution in [1.29, 1.82) is 0 Å². The van der Waals surface area contributed by atoms with Crippen LogP contribution in [0.4, 0.5) is 0 Å². The van der Waals surface area contributed by atoms with Crippen LogP contribution in [-0.2, 0) is 9.53 Å². The summed E-state index contributed by atoms with van der Waals surface area (Å²) in [5, 5.41) is 0. The van der Waals surface area contributed by atoms with Gasteiger partial charge in [-0.05, 0) is 57.8 Å². The van der Waals surface area contributed by atoms with Crippen molar-refractivity contribution in [3.05, 3.63) is 0 Å². The summed E-state index contributed by atoms with van der Waals surface area (Å²) < 4.78 is 6.25. The summed E-state index contributed by atoms with van der Waals surface area (Å²) in [6.45, 7) is 12.8. The van der Waals surface area contributed by atoms with Gasteiger partial charge < -0.3 is 4.74 Å². The average molecular weight is 296 g/mol. The molecule has 1 rings (SSSR count). The van der Waals surface area contributed by atoms with Gasteiger partial charge >= 0.3 is 5.97 Å². The van der Waals surface area contributed by atoms with Gasteiger partial charge in [0.05, 0.1) is 5.41 Å². The quantitative estimate of drug-likeness (QED) is 0.560. The van der Waals surface area contributed by atoms with Gasteiger partial charge in [0.15, 0.2) is 0 Å². The fourth-order valence-electron chi connectivity index (χ4n) is 3.58. The van der Waals surface area contributed by atoms with Crippen molar-refractivity contribution in [3.8, 4) is 0 Å². The summed E-state index contributed by atoms with van der Waals surface area (Å²) in [7, 11) is 0. The Morgan fingerprint density at radius 3 is 2.10 bits per heavy atom. The molecule has 0 aromatic carbocycles. The third-order valence-corrected chi connectivity index (χ3v) is 5.43. The highest BCUT2D eigenvalue weighted by Gasteiger charge is 2.44. The summed E-state index contributed by atoms with van der Waals surface area (Å²) in [6, 6.07) is 0. The van der Waals surface area contributed by atoms with Crippen LogP contribution in [0.2, 0.25) is 0 Å². The Morgan fingerprint density at radius 1 is 1.10 bits per heavy atom. The van der Waals surface area contributed by atoms with E-state index in [4.69, 9.17) is 4.74 Å². The van der Waals surface area contributed by atoms with E-state index in [-0.39, 0.29) is 17.0 Å².